The zero-order valence-electron chi connectivity index (χ0n) is 13.1. The molecule has 2 heteroatoms. The predicted molar refractivity (Wildman–Crippen MR) is 89.4 cm³/mol. The summed E-state index contributed by atoms with van der Waals surface area (Å²) in [5, 5.41) is 0. The third kappa shape index (κ3) is 2.02. The lowest BCUT2D eigenvalue weighted by atomic mass is 9.97. The second-order valence-corrected chi connectivity index (χ2v) is 6.00. The lowest BCUT2D eigenvalue weighted by Crippen LogP contribution is -1.89. The van der Waals surface area contributed by atoms with E-state index in [-0.39, 0.29) is 0 Å². The molecule has 0 spiro atoms. The fourth-order valence-corrected chi connectivity index (χ4v) is 3.81. The largest absolute Gasteiger partial charge is 0.497 e. The number of aryl methyl sites for hydroxylation is 2. The van der Waals surface area contributed by atoms with Crippen LogP contribution in [0.1, 0.15) is 35.1 Å². The lowest BCUT2D eigenvalue weighted by Gasteiger charge is -2.09. The van der Waals surface area contributed by atoms with E-state index < -0.39 is 0 Å². The van der Waals surface area contributed by atoms with Gasteiger partial charge in [-0.25, -0.2) is 0 Å². The molecule has 0 atom stereocenters. The molecule has 2 aliphatic rings. The van der Waals surface area contributed by atoms with Crippen molar-refractivity contribution in [2.45, 2.75) is 25.7 Å². The highest BCUT2D eigenvalue weighted by atomic mass is 16.5. The standard InChI is InChI=1S/C20H20O2/c1-21-15-5-9-17-13(11-15)3-7-19(17)20-8-4-14-12-16(22-2)6-10-18(14)20/h5-6,9-12H,3-4,7-8H2,1-2H3/b20-19-. The van der Waals surface area contributed by atoms with Crippen molar-refractivity contribution >= 4 is 11.1 Å². The second-order valence-electron chi connectivity index (χ2n) is 6.00. The van der Waals surface area contributed by atoms with Crippen molar-refractivity contribution in [3.05, 3.63) is 58.7 Å². The maximum absolute atomic E-state index is 5.35. The Kier molecular flexibility index (Phi) is 3.18. The number of hydrogen-bond donors (Lipinski definition) is 0. The van der Waals surface area contributed by atoms with Gasteiger partial charge in [0.15, 0.2) is 0 Å². The highest BCUT2D eigenvalue weighted by Gasteiger charge is 2.25. The molecule has 0 saturated carbocycles. The molecule has 0 radical (unpaired) electrons. The monoisotopic (exact) mass is 292 g/mol. The predicted octanol–water partition coefficient (Wildman–Crippen LogP) is 4.51. The molecule has 2 aliphatic carbocycles. The molecule has 0 amide bonds. The quantitative estimate of drug-likeness (QED) is 0.811. The summed E-state index contributed by atoms with van der Waals surface area (Å²) in [4.78, 5) is 0. The molecule has 2 aromatic rings. The van der Waals surface area contributed by atoms with Crippen molar-refractivity contribution < 1.29 is 9.47 Å². The molecule has 0 unspecified atom stereocenters. The van der Waals surface area contributed by atoms with Gasteiger partial charge in [-0.2, -0.15) is 0 Å². The van der Waals surface area contributed by atoms with Crippen LogP contribution in [0.25, 0.3) is 11.1 Å². The Hall–Kier alpha value is -2.22. The van der Waals surface area contributed by atoms with Gasteiger partial charge in [0, 0.05) is 0 Å². The van der Waals surface area contributed by atoms with Crippen LogP contribution in [0.4, 0.5) is 0 Å². The summed E-state index contributed by atoms with van der Waals surface area (Å²) in [6.45, 7) is 0. The fourth-order valence-electron chi connectivity index (χ4n) is 3.81. The summed E-state index contributed by atoms with van der Waals surface area (Å²) in [6.07, 6.45) is 4.53. The van der Waals surface area contributed by atoms with E-state index in [9.17, 15) is 0 Å². The summed E-state index contributed by atoms with van der Waals surface area (Å²) in [6, 6.07) is 13.0. The Labute approximate surface area is 131 Å². The van der Waals surface area contributed by atoms with Gasteiger partial charge in [0.2, 0.25) is 0 Å². The average Bonchev–Trinajstić information content (AvgIpc) is 3.16. The summed E-state index contributed by atoms with van der Waals surface area (Å²) in [5.74, 6) is 1.92. The van der Waals surface area contributed by atoms with E-state index in [4.69, 9.17) is 9.47 Å². The van der Waals surface area contributed by atoms with Crippen LogP contribution in [-0.2, 0) is 12.8 Å². The van der Waals surface area contributed by atoms with Crippen molar-refractivity contribution in [1.82, 2.24) is 0 Å². The minimum Gasteiger partial charge on any atom is -0.497 e. The van der Waals surface area contributed by atoms with Gasteiger partial charge in [-0.05, 0) is 83.3 Å². The Balaban J connectivity index is 1.81. The summed E-state index contributed by atoms with van der Waals surface area (Å²) in [7, 11) is 3.47. The maximum Gasteiger partial charge on any atom is 0.119 e. The molecular formula is C20H20O2. The average molecular weight is 292 g/mol. The van der Waals surface area contributed by atoms with E-state index in [1.165, 1.54) is 33.4 Å². The lowest BCUT2D eigenvalue weighted by molar-refractivity contribution is 0.414. The van der Waals surface area contributed by atoms with Crippen LogP contribution in [0.2, 0.25) is 0 Å². The van der Waals surface area contributed by atoms with Gasteiger partial charge < -0.3 is 9.47 Å². The van der Waals surface area contributed by atoms with Gasteiger partial charge in [0.05, 0.1) is 14.2 Å². The maximum atomic E-state index is 5.35. The number of fused-ring (bicyclic) bond motifs is 2. The fraction of sp³-hybridized carbons (Fsp3) is 0.300. The van der Waals surface area contributed by atoms with Crippen molar-refractivity contribution in [3.63, 3.8) is 0 Å². The third-order valence-electron chi connectivity index (χ3n) is 4.93. The molecule has 0 heterocycles. The van der Waals surface area contributed by atoms with Crippen LogP contribution < -0.4 is 9.47 Å². The first-order valence-corrected chi connectivity index (χ1v) is 7.87. The van der Waals surface area contributed by atoms with Crippen molar-refractivity contribution in [2.75, 3.05) is 14.2 Å². The third-order valence-corrected chi connectivity index (χ3v) is 4.93. The smallest absolute Gasteiger partial charge is 0.119 e. The first-order chi connectivity index (χ1) is 10.8. The van der Waals surface area contributed by atoms with Gasteiger partial charge >= 0.3 is 0 Å². The van der Waals surface area contributed by atoms with Crippen LogP contribution in [0, 0.1) is 0 Å². The number of rotatable bonds is 2. The van der Waals surface area contributed by atoms with Crippen LogP contribution in [0.5, 0.6) is 11.5 Å². The molecule has 0 aromatic heterocycles. The van der Waals surface area contributed by atoms with E-state index in [2.05, 4.69) is 36.4 Å². The van der Waals surface area contributed by atoms with Crippen molar-refractivity contribution in [1.29, 1.82) is 0 Å². The Morgan fingerprint density at radius 3 is 1.50 bits per heavy atom. The molecule has 0 saturated heterocycles. The van der Waals surface area contributed by atoms with Crippen LogP contribution in [0.15, 0.2) is 36.4 Å². The Morgan fingerprint density at radius 1 is 0.636 bits per heavy atom. The van der Waals surface area contributed by atoms with Crippen LogP contribution in [0.3, 0.4) is 0 Å². The minimum atomic E-state index is 0.960. The SMILES string of the molecule is COc1ccc2c(c1)CC/C2=C1\CCc2cc(OC)ccc21. The normalized spacial score (nSPS) is 19.0. The van der Waals surface area contributed by atoms with Crippen molar-refractivity contribution in [2.24, 2.45) is 0 Å². The summed E-state index contributed by atoms with van der Waals surface area (Å²) < 4.78 is 10.7. The molecule has 2 nitrogen and oxygen atoms in total. The zero-order valence-corrected chi connectivity index (χ0v) is 13.1. The van der Waals surface area contributed by atoms with Gasteiger partial charge in [0.1, 0.15) is 11.5 Å². The molecule has 0 N–H and O–H groups in total. The van der Waals surface area contributed by atoms with Gasteiger partial charge in [0.25, 0.3) is 0 Å². The molecule has 2 aromatic carbocycles. The van der Waals surface area contributed by atoms with Gasteiger partial charge in [-0.15, -0.1) is 0 Å². The molecule has 112 valence electrons. The number of ether oxygens (including phenoxy) is 2. The summed E-state index contributed by atoms with van der Waals surface area (Å²) >= 11 is 0. The molecule has 0 aliphatic heterocycles. The molecular weight excluding hydrogens is 272 g/mol. The zero-order chi connectivity index (χ0) is 15.1. The Morgan fingerprint density at radius 2 is 1.09 bits per heavy atom. The van der Waals surface area contributed by atoms with E-state index in [0.29, 0.717) is 0 Å². The first kappa shape index (κ1) is 13.4. The van der Waals surface area contributed by atoms with E-state index in [1.807, 2.05) is 0 Å². The van der Waals surface area contributed by atoms with E-state index in [1.54, 1.807) is 14.2 Å². The minimum absolute atomic E-state index is 0.960. The van der Waals surface area contributed by atoms with Gasteiger partial charge in [-0.3, -0.25) is 0 Å². The van der Waals surface area contributed by atoms with Crippen LogP contribution >= 0.6 is 0 Å². The number of hydrogen-bond acceptors (Lipinski definition) is 2. The Bertz CT molecular complexity index is 706. The van der Waals surface area contributed by atoms with Crippen LogP contribution in [-0.4, -0.2) is 14.2 Å². The van der Waals surface area contributed by atoms with E-state index >= 15 is 0 Å². The van der Waals surface area contributed by atoms with E-state index in [0.717, 1.165) is 37.2 Å². The topological polar surface area (TPSA) is 18.5 Å². The molecule has 4 rings (SSSR count). The number of allylic oxidation sites excluding steroid dienone is 2. The van der Waals surface area contributed by atoms with Crippen molar-refractivity contribution in [3.8, 4) is 11.5 Å². The second kappa shape index (κ2) is 5.20. The highest BCUT2D eigenvalue weighted by Crippen LogP contribution is 2.44. The molecule has 0 bridgehead atoms. The molecule has 0 fully saturated rings. The summed E-state index contributed by atoms with van der Waals surface area (Å²) in [5.41, 5.74) is 8.73. The number of benzene rings is 2. The highest BCUT2D eigenvalue weighted by molar-refractivity contribution is 5.96. The van der Waals surface area contributed by atoms with Gasteiger partial charge in [-0.1, -0.05) is 12.1 Å². The molecule has 22 heavy (non-hydrogen) atoms. The number of methoxy groups -OCH3 is 2. The first-order valence-electron chi connectivity index (χ1n) is 7.87.